The van der Waals surface area contributed by atoms with E-state index in [-0.39, 0.29) is 30.3 Å². The predicted octanol–water partition coefficient (Wildman–Crippen LogP) is -5.52. The van der Waals surface area contributed by atoms with Crippen molar-refractivity contribution in [3.63, 3.8) is 0 Å². The molecule has 7 heavy (non-hydrogen) atoms. The van der Waals surface area contributed by atoms with Gasteiger partial charge in [-0.2, -0.15) is 0 Å². The minimum atomic E-state index is -2.42. The van der Waals surface area contributed by atoms with E-state index in [1.807, 2.05) is 0 Å². The van der Waals surface area contributed by atoms with Crippen LogP contribution in [0.1, 0.15) is 0 Å². The minimum Gasteiger partial charge on any atom is -1.00 e. The summed E-state index contributed by atoms with van der Waals surface area (Å²) in [6, 6.07) is 0. The molecule has 7 heteroatoms. The molecule has 0 rings (SSSR count). The van der Waals surface area contributed by atoms with Gasteiger partial charge in [0.05, 0.1) is 0 Å². The van der Waals surface area contributed by atoms with Crippen LogP contribution in [0.25, 0.3) is 0 Å². The first-order valence-electron chi connectivity index (χ1n) is 0.752. The molecule has 0 fully saturated rings. The summed E-state index contributed by atoms with van der Waals surface area (Å²) >= 11 is 0. The monoisotopic (exact) mass is 161 g/mol. The summed E-state index contributed by atoms with van der Waals surface area (Å²) in [5, 5.41) is 22.8. The van der Waals surface area contributed by atoms with Crippen LogP contribution < -0.4 is 15.9 Å². The van der Waals surface area contributed by atoms with Crippen LogP contribution in [0.3, 0.4) is 0 Å². The fourth-order valence-corrected chi connectivity index (χ4v) is 0. The van der Waals surface area contributed by atoms with Crippen LogP contribution in [0, 0.1) is 0 Å². The van der Waals surface area contributed by atoms with E-state index in [9.17, 15) is 0 Å². The van der Waals surface area contributed by atoms with Crippen LogP contribution in [-0.4, -0.2) is 17.4 Å². The number of hydrogen-bond donors (Lipinski definition) is 3. The Morgan fingerprint density at radius 2 is 1.29 bits per heavy atom. The zero-order valence-electron chi connectivity index (χ0n) is 3.67. The third-order valence-electron chi connectivity index (χ3n) is 0. The van der Waals surface area contributed by atoms with E-state index in [0.717, 1.165) is 0 Å². The second-order valence-electron chi connectivity index (χ2n) is 0.326. The van der Waals surface area contributed by atoms with Gasteiger partial charge < -0.3 is 25.9 Å². The van der Waals surface area contributed by atoms with Crippen molar-refractivity contribution in [2.45, 2.75) is 0 Å². The second-order valence-corrected chi connectivity index (χ2v) is 0.326. The van der Waals surface area contributed by atoms with Crippen molar-refractivity contribution in [1.29, 1.82) is 0 Å². The fraction of sp³-hybridized carbons (Fsp3) is 0. The van der Waals surface area contributed by atoms with Gasteiger partial charge in [0.2, 0.25) is 0 Å². The summed E-state index contributed by atoms with van der Waals surface area (Å²) in [6.45, 7) is 0. The maximum atomic E-state index is 8.64. The SMILES string of the molecule is N.[F-].[O-]B(O)O.[Zn+2]. The molecule has 0 aliphatic rings. The Bertz CT molecular complexity index is 19.7. The first kappa shape index (κ1) is 26.0. The van der Waals surface area contributed by atoms with Gasteiger partial charge in [0, 0.05) is 0 Å². The molecule has 0 aliphatic carbocycles. The normalized spacial score (nSPS) is 3.86. The molecule has 0 aromatic carbocycles. The summed E-state index contributed by atoms with van der Waals surface area (Å²) in [5.74, 6) is 0. The van der Waals surface area contributed by atoms with E-state index >= 15 is 0 Å². The summed E-state index contributed by atoms with van der Waals surface area (Å²) in [4.78, 5) is 0. The van der Waals surface area contributed by atoms with Gasteiger partial charge in [-0.05, 0) is 0 Å². The summed E-state index contributed by atoms with van der Waals surface area (Å²) in [7, 11) is -2.42. The van der Waals surface area contributed by atoms with E-state index < -0.39 is 7.32 Å². The van der Waals surface area contributed by atoms with Crippen molar-refractivity contribution in [1.82, 2.24) is 6.15 Å². The topological polar surface area (TPSA) is 98.5 Å². The van der Waals surface area contributed by atoms with E-state index in [0.29, 0.717) is 0 Å². The van der Waals surface area contributed by atoms with Crippen LogP contribution in [-0.2, 0) is 19.5 Å². The molecule has 0 aliphatic heterocycles. The summed E-state index contributed by atoms with van der Waals surface area (Å²) in [6.07, 6.45) is 0. The smallest absolute Gasteiger partial charge is 1.00 e. The van der Waals surface area contributed by atoms with Gasteiger partial charge in [-0.3, -0.25) is 0 Å². The molecule has 0 heterocycles. The summed E-state index contributed by atoms with van der Waals surface area (Å²) in [5.41, 5.74) is 0. The van der Waals surface area contributed by atoms with Gasteiger partial charge in [-0.1, -0.05) is 0 Å². The van der Waals surface area contributed by atoms with E-state index in [4.69, 9.17) is 15.1 Å². The van der Waals surface area contributed by atoms with Crippen LogP contribution in [0.5, 0.6) is 0 Å². The second kappa shape index (κ2) is 16.1. The molecule has 0 unspecified atom stereocenters. The first-order valence-corrected chi connectivity index (χ1v) is 0.752. The van der Waals surface area contributed by atoms with Gasteiger partial charge >= 0.3 is 26.8 Å². The van der Waals surface area contributed by atoms with Crippen LogP contribution >= 0.6 is 0 Å². The maximum absolute atomic E-state index is 8.64. The molecule has 0 bridgehead atoms. The molecule has 5 N–H and O–H groups in total. The molecule has 0 aromatic rings. The number of rotatable bonds is 0. The average molecular weight is 162 g/mol. The van der Waals surface area contributed by atoms with E-state index in [1.54, 1.807) is 0 Å². The van der Waals surface area contributed by atoms with E-state index in [2.05, 4.69) is 0 Å². The van der Waals surface area contributed by atoms with Crippen molar-refractivity contribution in [2.24, 2.45) is 0 Å². The van der Waals surface area contributed by atoms with Crippen LogP contribution in [0.4, 0.5) is 0 Å². The Morgan fingerprint density at radius 1 is 1.29 bits per heavy atom. The molecule has 0 atom stereocenters. The average Bonchev–Trinajstić information content (AvgIpc) is 0.811. The third-order valence-corrected chi connectivity index (χ3v) is 0. The Morgan fingerprint density at radius 3 is 1.29 bits per heavy atom. The van der Waals surface area contributed by atoms with Crippen molar-refractivity contribution >= 4 is 7.32 Å². The van der Waals surface area contributed by atoms with Gasteiger partial charge in [0.1, 0.15) is 0 Å². The third kappa shape index (κ3) is 611. The molecule has 0 spiro atoms. The minimum absolute atomic E-state index is 0. The number of halogens is 1. The van der Waals surface area contributed by atoms with Crippen LogP contribution in [0.2, 0.25) is 0 Å². The number of hydrogen-bond acceptors (Lipinski definition) is 4. The van der Waals surface area contributed by atoms with Crippen molar-refractivity contribution in [3.8, 4) is 0 Å². The predicted molar refractivity (Wildman–Crippen MR) is 15.2 cm³/mol. The molecule has 0 amide bonds. The molecular weight excluding hydrogens is 157 g/mol. The quantitative estimate of drug-likeness (QED) is 0.309. The molecule has 4 nitrogen and oxygen atoms in total. The van der Waals surface area contributed by atoms with Gasteiger partial charge in [0.25, 0.3) is 0 Å². The zero-order chi connectivity index (χ0) is 3.58. The summed E-state index contributed by atoms with van der Waals surface area (Å²) < 4.78 is 0. The molecule has 0 saturated heterocycles. The van der Waals surface area contributed by atoms with Gasteiger partial charge in [-0.25, -0.2) is 0 Å². The Kier molecular flexibility index (Phi) is 59.8. The zero-order valence-corrected chi connectivity index (χ0v) is 6.64. The first-order chi connectivity index (χ1) is 1.73. The van der Waals surface area contributed by atoms with Crippen molar-refractivity contribution in [2.75, 3.05) is 0 Å². The van der Waals surface area contributed by atoms with Gasteiger partial charge in [0.15, 0.2) is 0 Å². The largest absolute Gasteiger partial charge is 2.00 e. The van der Waals surface area contributed by atoms with Crippen molar-refractivity contribution < 1.29 is 39.3 Å². The maximum Gasteiger partial charge on any atom is 2.00 e. The Labute approximate surface area is 53.4 Å². The van der Waals surface area contributed by atoms with Crippen molar-refractivity contribution in [3.05, 3.63) is 0 Å². The Hall–Kier alpha value is 0.458. The molecule has 40 valence electrons. The Balaban J connectivity index is -0.0000000150. The molecule has 0 aromatic heterocycles. The fourth-order valence-electron chi connectivity index (χ4n) is 0. The standard InChI is InChI=1S/BH2O3.FH.H3N.Zn/c2-1(3)4;;;/h2-3H;1H;1H3;/q-1;;;+2/p-1. The molecule has 0 radical (unpaired) electrons. The van der Waals surface area contributed by atoms with Gasteiger partial charge in [-0.15, -0.1) is 0 Å². The van der Waals surface area contributed by atoms with E-state index in [1.165, 1.54) is 0 Å². The molecular formula is H5BFNO3Zn. The van der Waals surface area contributed by atoms with Crippen LogP contribution in [0.15, 0.2) is 0 Å². The molecule has 0 saturated carbocycles.